The molecule has 3 N–H and O–H groups in total. The molecule has 1 aromatic carbocycles. The van der Waals surface area contributed by atoms with Gasteiger partial charge in [0.25, 0.3) is 0 Å². The van der Waals surface area contributed by atoms with E-state index in [-0.39, 0.29) is 6.42 Å². The maximum atomic E-state index is 10.8. The monoisotopic (exact) mass is 280 g/mol. The SMILES string of the molecule is COc1cc(N2CCOCC2)ccc1CC(N)C(=O)O. The van der Waals surface area contributed by atoms with Gasteiger partial charge in [0.15, 0.2) is 0 Å². The lowest BCUT2D eigenvalue weighted by molar-refractivity contribution is -0.138. The lowest BCUT2D eigenvalue weighted by Crippen LogP contribution is -2.36. The molecule has 1 aliphatic heterocycles. The number of rotatable bonds is 5. The van der Waals surface area contributed by atoms with Crippen LogP contribution in [0.2, 0.25) is 0 Å². The molecule has 0 bridgehead atoms. The van der Waals surface area contributed by atoms with Crippen molar-refractivity contribution in [2.75, 3.05) is 38.3 Å². The Morgan fingerprint density at radius 3 is 2.80 bits per heavy atom. The van der Waals surface area contributed by atoms with Crippen molar-refractivity contribution in [1.82, 2.24) is 0 Å². The number of carbonyl (C=O) groups is 1. The first kappa shape index (κ1) is 14.6. The number of nitrogens with two attached hydrogens (primary N) is 1. The number of anilines is 1. The Hall–Kier alpha value is -1.79. The van der Waals surface area contributed by atoms with E-state index in [9.17, 15) is 4.79 Å². The molecular formula is C14H20N2O4. The third-order valence-corrected chi connectivity index (χ3v) is 3.40. The Morgan fingerprint density at radius 1 is 1.50 bits per heavy atom. The Kier molecular flexibility index (Phi) is 4.81. The van der Waals surface area contributed by atoms with Crippen LogP contribution in [0.3, 0.4) is 0 Å². The molecule has 0 aliphatic carbocycles. The van der Waals surface area contributed by atoms with Crippen LogP contribution in [0, 0.1) is 0 Å². The average molecular weight is 280 g/mol. The summed E-state index contributed by atoms with van der Waals surface area (Å²) in [4.78, 5) is 13.0. The van der Waals surface area contributed by atoms with Crippen LogP contribution < -0.4 is 15.4 Å². The fourth-order valence-electron chi connectivity index (χ4n) is 2.24. The van der Waals surface area contributed by atoms with Crippen molar-refractivity contribution >= 4 is 11.7 Å². The molecule has 0 saturated carbocycles. The smallest absolute Gasteiger partial charge is 0.320 e. The van der Waals surface area contributed by atoms with Crippen LogP contribution in [-0.4, -0.2) is 50.5 Å². The maximum Gasteiger partial charge on any atom is 0.320 e. The Bertz CT molecular complexity index is 472. The standard InChI is InChI=1S/C14H20N2O4/c1-19-13-9-11(16-4-6-20-7-5-16)3-2-10(13)8-12(15)14(17)18/h2-3,9,12H,4-8,15H2,1H3,(H,17,18). The van der Waals surface area contributed by atoms with Gasteiger partial charge < -0.3 is 25.2 Å². The van der Waals surface area contributed by atoms with Gasteiger partial charge in [-0.3, -0.25) is 4.79 Å². The molecule has 1 aromatic rings. The molecule has 0 radical (unpaired) electrons. The minimum absolute atomic E-state index is 0.252. The van der Waals surface area contributed by atoms with Gasteiger partial charge in [-0.1, -0.05) is 6.07 Å². The lowest BCUT2D eigenvalue weighted by atomic mass is 10.0. The Balaban J connectivity index is 2.16. The summed E-state index contributed by atoms with van der Waals surface area (Å²) in [6, 6.07) is 4.86. The minimum Gasteiger partial charge on any atom is -0.496 e. The van der Waals surface area contributed by atoms with Gasteiger partial charge in [-0.15, -0.1) is 0 Å². The number of methoxy groups -OCH3 is 1. The van der Waals surface area contributed by atoms with Crippen LogP contribution in [-0.2, 0) is 16.0 Å². The first-order valence-electron chi connectivity index (χ1n) is 6.60. The predicted octanol–water partition coefficient (Wildman–Crippen LogP) is 0.486. The van der Waals surface area contributed by atoms with E-state index in [1.807, 2.05) is 18.2 Å². The number of ether oxygens (including phenoxy) is 2. The van der Waals surface area contributed by atoms with E-state index in [1.165, 1.54) is 0 Å². The molecule has 1 heterocycles. The Labute approximate surface area is 118 Å². The second kappa shape index (κ2) is 6.58. The summed E-state index contributed by atoms with van der Waals surface area (Å²) in [5.41, 5.74) is 7.43. The molecule has 0 aromatic heterocycles. The van der Waals surface area contributed by atoms with Crippen molar-refractivity contribution in [2.24, 2.45) is 5.73 Å². The van der Waals surface area contributed by atoms with Crippen molar-refractivity contribution < 1.29 is 19.4 Å². The number of morpholine rings is 1. The molecule has 110 valence electrons. The van der Waals surface area contributed by atoms with Crippen molar-refractivity contribution in [3.63, 3.8) is 0 Å². The highest BCUT2D eigenvalue weighted by Crippen LogP contribution is 2.27. The van der Waals surface area contributed by atoms with E-state index in [0.29, 0.717) is 19.0 Å². The normalized spacial score (nSPS) is 16.8. The first-order chi connectivity index (χ1) is 9.61. The molecule has 2 rings (SSSR count). The highest BCUT2D eigenvalue weighted by Gasteiger charge is 2.17. The van der Waals surface area contributed by atoms with Crippen molar-refractivity contribution in [1.29, 1.82) is 0 Å². The van der Waals surface area contributed by atoms with Crippen LogP contribution in [0.4, 0.5) is 5.69 Å². The summed E-state index contributed by atoms with van der Waals surface area (Å²) in [7, 11) is 1.58. The summed E-state index contributed by atoms with van der Waals surface area (Å²) in [5, 5.41) is 8.88. The lowest BCUT2D eigenvalue weighted by Gasteiger charge is -2.29. The molecule has 1 aliphatic rings. The molecule has 0 amide bonds. The summed E-state index contributed by atoms with van der Waals surface area (Å²) in [6.45, 7) is 3.12. The molecule has 6 heteroatoms. The number of hydrogen-bond acceptors (Lipinski definition) is 5. The van der Waals surface area contributed by atoms with Crippen LogP contribution in [0.5, 0.6) is 5.75 Å². The van der Waals surface area contributed by atoms with Gasteiger partial charge in [0, 0.05) is 31.3 Å². The molecule has 20 heavy (non-hydrogen) atoms. The number of nitrogens with zero attached hydrogens (tertiary/aromatic N) is 1. The molecule has 1 unspecified atom stereocenters. The van der Waals surface area contributed by atoms with Crippen molar-refractivity contribution in [3.05, 3.63) is 23.8 Å². The van der Waals surface area contributed by atoms with E-state index in [0.717, 1.165) is 24.3 Å². The predicted molar refractivity (Wildman–Crippen MR) is 75.3 cm³/mol. The molecule has 0 spiro atoms. The highest BCUT2D eigenvalue weighted by molar-refractivity contribution is 5.73. The molecule has 1 fully saturated rings. The summed E-state index contributed by atoms with van der Waals surface area (Å²) in [6.07, 6.45) is 0.252. The van der Waals surface area contributed by atoms with Crippen molar-refractivity contribution in [2.45, 2.75) is 12.5 Å². The van der Waals surface area contributed by atoms with Crippen LogP contribution >= 0.6 is 0 Å². The number of carboxylic acids is 1. The first-order valence-corrected chi connectivity index (χ1v) is 6.60. The highest BCUT2D eigenvalue weighted by atomic mass is 16.5. The summed E-state index contributed by atoms with van der Waals surface area (Å²) >= 11 is 0. The summed E-state index contributed by atoms with van der Waals surface area (Å²) < 4.78 is 10.7. The quantitative estimate of drug-likeness (QED) is 0.816. The van der Waals surface area contributed by atoms with Gasteiger partial charge in [-0.05, 0) is 11.6 Å². The maximum absolute atomic E-state index is 10.8. The average Bonchev–Trinajstić information content (AvgIpc) is 2.48. The molecular weight excluding hydrogens is 260 g/mol. The van der Waals surface area contributed by atoms with Gasteiger partial charge in [0.2, 0.25) is 0 Å². The van der Waals surface area contributed by atoms with Gasteiger partial charge in [0.05, 0.1) is 20.3 Å². The van der Waals surface area contributed by atoms with E-state index >= 15 is 0 Å². The zero-order valence-electron chi connectivity index (χ0n) is 11.5. The second-order valence-corrected chi connectivity index (χ2v) is 4.74. The molecule has 1 saturated heterocycles. The number of hydrogen-bond donors (Lipinski definition) is 2. The third-order valence-electron chi connectivity index (χ3n) is 3.40. The molecule has 1 atom stereocenters. The third kappa shape index (κ3) is 3.40. The largest absolute Gasteiger partial charge is 0.496 e. The fourth-order valence-corrected chi connectivity index (χ4v) is 2.24. The summed E-state index contributed by atoms with van der Waals surface area (Å²) in [5.74, 6) is -0.338. The van der Waals surface area contributed by atoms with Crippen LogP contribution in [0.15, 0.2) is 18.2 Å². The van der Waals surface area contributed by atoms with Gasteiger partial charge >= 0.3 is 5.97 Å². The van der Waals surface area contributed by atoms with E-state index in [2.05, 4.69) is 4.90 Å². The van der Waals surface area contributed by atoms with Gasteiger partial charge in [-0.25, -0.2) is 0 Å². The van der Waals surface area contributed by atoms with Gasteiger partial charge in [-0.2, -0.15) is 0 Å². The molecule has 6 nitrogen and oxygen atoms in total. The second-order valence-electron chi connectivity index (χ2n) is 4.74. The fraction of sp³-hybridized carbons (Fsp3) is 0.500. The Morgan fingerprint density at radius 2 is 2.20 bits per heavy atom. The zero-order valence-corrected chi connectivity index (χ0v) is 11.5. The van der Waals surface area contributed by atoms with Crippen LogP contribution in [0.1, 0.15) is 5.56 Å². The van der Waals surface area contributed by atoms with E-state index in [1.54, 1.807) is 7.11 Å². The topological polar surface area (TPSA) is 85.0 Å². The van der Waals surface area contributed by atoms with Gasteiger partial charge in [0.1, 0.15) is 11.8 Å². The van der Waals surface area contributed by atoms with E-state index < -0.39 is 12.0 Å². The zero-order chi connectivity index (χ0) is 14.5. The number of carboxylic acid groups (broad SMARTS) is 1. The van der Waals surface area contributed by atoms with Crippen molar-refractivity contribution in [3.8, 4) is 5.75 Å². The number of aliphatic carboxylic acids is 1. The van der Waals surface area contributed by atoms with E-state index in [4.69, 9.17) is 20.3 Å². The number of benzene rings is 1. The van der Waals surface area contributed by atoms with Crippen LogP contribution in [0.25, 0.3) is 0 Å². The minimum atomic E-state index is -1.01.